The molecule has 116 valence electrons. The van der Waals surface area contributed by atoms with Crippen LogP contribution in [0.4, 0.5) is 4.39 Å². The quantitative estimate of drug-likeness (QED) is 0.832. The molecule has 0 aliphatic carbocycles. The lowest BCUT2D eigenvalue weighted by molar-refractivity contribution is -0.885. The maximum absolute atomic E-state index is 12.8. The zero-order valence-corrected chi connectivity index (χ0v) is 13.0. The Bertz CT molecular complexity index is 608. The maximum atomic E-state index is 12.8. The molecule has 1 amide bonds. The van der Waals surface area contributed by atoms with Crippen molar-refractivity contribution < 1.29 is 14.1 Å². The average Bonchev–Trinajstić information content (AvgIpc) is 2.49. The minimum atomic E-state index is -0.266. The van der Waals surface area contributed by atoms with Crippen LogP contribution in [0, 0.1) is 12.7 Å². The van der Waals surface area contributed by atoms with Crippen LogP contribution in [0.1, 0.15) is 16.7 Å². The van der Waals surface area contributed by atoms with Crippen molar-refractivity contribution in [2.75, 3.05) is 13.6 Å². The predicted octanol–water partition coefficient (Wildman–Crippen LogP) is 1.47. The fourth-order valence-electron chi connectivity index (χ4n) is 2.26. The van der Waals surface area contributed by atoms with Gasteiger partial charge in [0.25, 0.3) is 5.91 Å². The Labute approximate surface area is 130 Å². The molecule has 22 heavy (non-hydrogen) atoms. The first-order valence-electron chi connectivity index (χ1n) is 7.41. The molecule has 2 rings (SSSR count). The summed E-state index contributed by atoms with van der Waals surface area (Å²) in [6, 6.07) is 14.5. The number of aryl methyl sites for hydroxylation is 1. The molecule has 1 unspecified atom stereocenters. The van der Waals surface area contributed by atoms with Crippen LogP contribution in [0.2, 0.25) is 0 Å². The minimum Gasteiger partial charge on any atom is -0.347 e. The number of carbonyl (C=O) groups is 1. The van der Waals surface area contributed by atoms with Crippen molar-refractivity contribution in [3.8, 4) is 0 Å². The normalized spacial score (nSPS) is 12.0. The van der Waals surface area contributed by atoms with Gasteiger partial charge in [0.1, 0.15) is 12.4 Å². The number of rotatable bonds is 6. The van der Waals surface area contributed by atoms with E-state index in [1.54, 1.807) is 12.1 Å². The molecule has 0 aliphatic rings. The van der Waals surface area contributed by atoms with Gasteiger partial charge in [-0.25, -0.2) is 4.39 Å². The monoisotopic (exact) mass is 301 g/mol. The summed E-state index contributed by atoms with van der Waals surface area (Å²) in [5.74, 6) is -0.272. The molecule has 2 aromatic carbocycles. The average molecular weight is 301 g/mol. The number of hydrogen-bond acceptors (Lipinski definition) is 1. The van der Waals surface area contributed by atoms with E-state index in [-0.39, 0.29) is 11.7 Å². The Morgan fingerprint density at radius 1 is 1.05 bits per heavy atom. The third kappa shape index (κ3) is 5.30. The molecule has 3 nitrogen and oxygen atoms in total. The number of likely N-dealkylation sites (N-methyl/N-ethyl adjacent to an activating group) is 1. The molecule has 0 spiro atoms. The maximum Gasteiger partial charge on any atom is 0.275 e. The van der Waals surface area contributed by atoms with Gasteiger partial charge >= 0.3 is 0 Å². The summed E-state index contributed by atoms with van der Waals surface area (Å²) in [5, 5.41) is 2.86. The van der Waals surface area contributed by atoms with E-state index in [1.165, 1.54) is 23.3 Å². The van der Waals surface area contributed by atoms with Crippen molar-refractivity contribution in [2.24, 2.45) is 0 Å². The Kier molecular flexibility index (Phi) is 5.67. The van der Waals surface area contributed by atoms with Crippen LogP contribution in [0.25, 0.3) is 0 Å². The van der Waals surface area contributed by atoms with E-state index in [2.05, 4.69) is 36.5 Å². The molecule has 0 saturated heterocycles. The topological polar surface area (TPSA) is 33.5 Å². The van der Waals surface area contributed by atoms with Gasteiger partial charge in [0.15, 0.2) is 6.54 Å². The highest BCUT2D eigenvalue weighted by Gasteiger charge is 2.10. The smallest absolute Gasteiger partial charge is 0.275 e. The number of amides is 1. The van der Waals surface area contributed by atoms with E-state index in [4.69, 9.17) is 0 Å². The Hall–Kier alpha value is -2.20. The highest BCUT2D eigenvalue weighted by molar-refractivity contribution is 5.76. The van der Waals surface area contributed by atoms with Crippen LogP contribution in [0.3, 0.4) is 0 Å². The Morgan fingerprint density at radius 2 is 1.64 bits per heavy atom. The van der Waals surface area contributed by atoms with Crippen molar-refractivity contribution in [1.82, 2.24) is 5.32 Å². The van der Waals surface area contributed by atoms with Gasteiger partial charge in [-0.1, -0.05) is 42.0 Å². The molecule has 4 heteroatoms. The molecular formula is C18H22FN2O+. The lowest BCUT2D eigenvalue weighted by Gasteiger charge is -2.14. The molecule has 2 N–H and O–H groups in total. The molecule has 0 bridgehead atoms. The van der Waals surface area contributed by atoms with E-state index < -0.39 is 0 Å². The van der Waals surface area contributed by atoms with Crippen molar-refractivity contribution in [3.63, 3.8) is 0 Å². The van der Waals surface area contributed by atoms with E-state index in [0.29, 0.717) is 13.1 Å². The van der Waals surface area contributed by atoms with Crippen molar-refractivity contribution in [2.45, 2.75) is 20.0 Å². The van der Waals surface area contributed by atoms with Gasteiger partial charge in [-0.2, -0.15) is 0 Å². The number of halogens is 1. The van der Waals surface area contributed by atoms with Crippen LogP contribution < -0.4 is 10.2 Å². The Balaban J connectivity index is 1.76. The molecule has 1 atom stereocenters. The summed E-state index contributed by atoms with van der Waals surface area (Å²) in [4.78, 5) is 13.1. The third-order valence-electron chi connectivity index (χ3n) is 3.49. The van der Waals surface area contributed by atoms with Crippen molar-refractivity contribution in [1.29, 1.82) is 0 Å². The molecular weight excluding hydrogens is 279 g/mol. The van der Waals surface area contributed by atoms with Gasteiger partial charge in [-0.3, -0.25) is 4.79 Å². The second-order valence-electron chi connectivity index (χ2n) is 5.70. The second-order valence-corrected chi connectivity index (χ2v) is 5.70. The first kappa shape index (κ1) is 16.2. The summed E-state index contributed by atoms with van der Waals surface area (Å²) >= 11 is 0. The first-order valence-corrected chi connectivity index (χ1v) is 7.41. The number of nitrogens with one attached hydrogen (secondary N) is 2. The van der Waals surface area contributed by atoms with Crippen molar-refractivity contribution in [3.05, 3.63) is 71.0 Å². The standard InChI is InChI=1S/C18H21FN2O/c1-14-3-5-16(6-4-14)12-21(2)13-18(22)20-11-15-7-9-17(19)10-8-15/h3-10H,11-13H2,1-2H3,(H,20,22)/p+1. The number of carbonyl (C=O) groups excluding carboxylic acids is 1. The van der Waals surface area contributed by atoms with Crippen LogP contribution in [-0.4, -0.2) is 19.5 Å². The molecule has 2 aromatic rings. The Morgan fingerprint density at radius 3 is 2.27 bits per heavy atom. The lowest BCUT2D eigenvalue weighted by atomic mass is 10.1. The van der Waals surface area contributed by atoms with Gasteiger partial charge in [0.05, 0.1) is 7.05 Å². The zero-order valence-electron chi connectivity index (χ0n) is 13.0. The first-order chi connectivity index (χ1) is 10.5. The highest BCUT2D eigenvalue weighted by Crippen LogP contribution is 2.02. The second kappa shape index (κ2) is 7.71. The van der Waals surface area contributed by atoms with Gasteiger partial charge in [-0.15, -0.1) is 0 Å². The molecule has 0 aliphatic heterocycles. The molecule has 0 aromatic heterocycles. The van der Waals surface area contributed by atoms with Crippen molar-refractivity contribution >= 4 is 5.91 Å². The van der Waals surface area contributed by atoms with Crippen LogP contribution >= 0.6 is 0 Å². The fourth-order valence-corrected chi connectivity index (χ4v) is 2.26. The van der Waals surface area contributed by atoms with E-state index in [0.717, 1.165) is 17.0 Å². The summed E-state index contributed by atoms with van der Waals surface area (Å²) in [6.07, 6.45) is 0. The zero-order chi connectivity index (χ0) is 15.9. The van der Waals surface area contributed by atoms with Crippen LogP contribution in [0.15, 0.2) is 48.5 Å². The van der Waals surface area contributed by atoms with Gasteiger partial charge < -0.3 is 10.2 Å². The van der Waals surface area contributed by atoms with Gasteiger partial charge in [0.2, 0.25) is 0 Å². The summed E-state index contributed by atoms with van der Waals surface area (Å²) in [7, 11) is 2.00. The lowest BCUT2D eigenvalue weighted by Crippen LogP contribution is -3.08. The predicted molar refractivity (Wildman–Crippen MR) is 84.9 cm³/mol. The molecule has 0 fully saturated rings. The fraction of sp³-hybridized carbons (Fsp3) is 0.278. The SMILES string of the molecule is Cc1ccc(C[NH+](C)CC(=O)NCc2ccc(F)cc2)cc1. The number of quaternary nitrogens is 1. The summed E-state index contributed by atoms with van der Waals surface area (Å²) in [5.41, 5.74) is 3.35. The van der Waals surface area contributed by atoms with Gasteiger partial charge in [-0.05, 0) is 24.6 Å². The highest BCUT2D eigenvalue weighted by atomic mass is 19.1. The molecule has 0 heterocycles. The van der Waals surface area contributed by atoms with Gasteiger partial charge in [0, 0.05) is 12.1 Å². The van der Waals surface area contributed by atoms with E-state index in [1.807, 2.05) is 7.05 Å². The summed E-state index contributed by atoms with van der Waals surface area (Å²) < 4.78 is 12.8. The largest absolute Gasteiger partial charge is 0.347 e. The minimum absolute atomic E-state index is 0.00561. The van der Waals surface area contributed by atoms with E-state index >= 15 is 0 Å². The van der Waals surface area contributed by atoms with Crippen LogP contribution in [-0.2, 0) is 17.9 Å². The third-order valence-corrected chi connectivity index (χ3v) is 3.49. The molecule has 0 saturated carbocycles. The number of benzene rings is 2. The summed E-state index contributed by atoms with van der Waals surface area (Å²) in [6.45, 7) is 3.71. The number of hydrogen-bond donors (Lipinski definition) is 2. The van der Waals surface area contributed by atoms with Crippen LogP contribution in [0.5, 0.6) is 0 Å². The molecule has 0 radical (unpaired) electrons. The van der Waals surface area contributed by atoms with E-state index in [9.17, 15) is 9.18 Å².